The number of amides is 2. The van der Waals surface area contributed by atoms with Crippen molar-refractivity contribution in [3.05, 3.63) is 100 Å². The van der Waals surface area contributed by atoms with Crippen molar-refractivity contribution in [2.75, 3.05) is 32.5 Å². The third-order valence-electron chi connectivity index (χ3n) is 6.74. The first-order valence-corrected chi connectivity index (χ1v) is 13.0. The quantitative estimate of drug-likeness (QED) is 0.286. The second kappa shape index (κ2) is 11.9. The van der Waals surface area contributed by atoms with Crippen molar-refractivity contribution in [3.63, 3.8) is 0 Å². The third-order valence-corrected chi connectivity index (χ3v) is 6.74. The summed E-state index contributed by atoms with van der Waals surface area (Å²) in [6.07, 6.45) is -3.71. The van der Waals surface area contributed by atoms with Gasteiger partial charge in [-0.15, -0.1) is 0 Å². The molecule has 0 spiro atoms. The van der Waals surface area contributed by atoms with Gasteiger partial charge in [0.05, 0.1) is 28.2 Å². The molecule has 1 N–H and O–H groups in total. The maximum atomic E-state index is 13.8. The first-order valence-electron chi connectivity index (χ1n) is 13.0. The second-order valence-corrected chi connectivity index (χ2v) is 9.83. The Morgan fingerprint density at radius 2 is 1.70 bits per heavy atom. The lowest BCUT2D eigenvalue weighted by molar-refractivity contribution is -0.137. The molecular formula is C30H32F3N5O2. The van der Waals surface area contributed by atoms with E-state index in [1.54, 1.807) is 31.2 Å². The molecule has 4 aromatic rings. The highest BCUT2D eigenvalue weighted by Gasteiger charge is 2.31. The predicted octanol–water partition coefficient (Wildman–Crippen LogP) is 6.12. The fourth-order valence-corrected chi connectivity index (χ4v) is 4.45. The summed E-state index contributed by atoms with van der Waals surface area (Å²) in [5, 5.41) is 3.04. The molecule has 7 nitrogen and oxygen atoms in total. The molecule has 1 unspecified atom stereocenters. The minimum absolute atomic E-state index is 0.0147. The molecule has 0 saturated carbocycles. The van der Waals surface area contributed by atoms with E-state index in [4.69, 9.17) is 4.98 Å². The molecule has 1 atom stereocenters. The summed E-state index contributed by atoms with van der Waals surface area (Å²) in [5.74, 6) is 0.339. The molecule has 0 saturated heterocycles. The summed E-state index contributed by atoms with van der Waals surface area (Å²) >= 11 is 0. The summed E-state index contributed by atoms with van der Waals surface area (Å²) in [6, 6.07) is 17.7. The third kappa shape index (κ3) is 6.34. The Morgan fingerprint density at radius 3 is 2.35 bits per heavy atom. The van der Waals surface area contributed by atoms with Gasteiger partial charge < -0.3 is 15.1 Å². The van der Waals surface area contributed by atoms with Gasteiger partial charge in [-0.05, 0) is 75.5 Å². The zero-order chi connectivity index (χ0) is 29.0. The predicted molar refractivity (Wildman–Crippen MR) is 151 cm³/mol. The van der Waals surface area contributed by atoms with Gasteiger partial charge in [0.2, 0.25) is 0 Å². The highest BCUT2D eigenvalue weighted by Crippen LogP contribution is 2.31. The summed E-state index contributed by atoms with van der Waals surface area (Å²) in [7, 11) is 3.71. The standard InChI is InChI=1S/C30H32F3N5O2/c1-5-21-13-15-24(16-14-21)38-27(35-26-12-7-6-11-25(26)28(38)39)20(2)37(18-17-36(3)4)29(40)34-23-10-8-9-22(19-23)30(31,32)33/h6-16,19-20H,5,17-18H2,1-4H3,(H,34,40). The number of para-hydroxylation sites is 1. The molecule has 1 heterocycles. The van der Waals surface area contributed by atoms with Gasteiger partial charge in [0.15, 0.2) is 0 Å². The molecule has 0 aliphatic heterocycles. The van der Waals surface area contributed by atoms with E-state index >= 15 is 0 Å². The van der Waals surface area contributed by atoms with Gasteiger partial charge in [-0.2, -0.15) is 13.2 Å². The molecule has 40 heavy (non-hydrogen) atoms. The maximum absolute atomic E-state index is 13.8. The Hall–Kier alpha value is -4.18. The largest absolute Gasteiger partial charge is 0.416 e. The van der Waals surface area contributed by atoms with Gasteiger partial charge in [0, 0.05) is 18.8 Å². The lowest BCUT2D eigenvalue weighted by Gasteiger charge is -2.31. The molecule has 3 aromatic carbocycles. The van der Waals surface area contributed by atoms with Gasteiger partial charge >= 0.3 is 12.2 Å². The molecule has 10 heteroatoms. The second-order valence-electron chi connectivity index (χ2n) is 9.83. The van der Waals surface area contributed by atoms with Gasteiger partial charge in [-0.1, -0.05) is 37.3 Å². The van der Waals surface area contributed by atoms with Crippen LogP contribution in [0, 0.1) is 0 Å². The summed E-state index contributed by atoms with van der Waals surface area (Å²) < 4.78 is 41.3. The van der Waals surface area contributed by atoms with Crippen molar-refractivity contribution in [1.82, 2.24) is 19.4 Å². The van der Waals surface area contributed by atoms with Crippen LogP contribution in [0.15, 0.2) is 77.6 Å². The fourth-order valence-electron chi connectivity index (χ4n) is 4.45. The number of likely N-dealkylation sites (N-methyl/N-ethyl adjacent to an activating group) is 1. The van der Waals surface area contributed by atoms with Crippen LogP contribution in [-0.2, 0) is 12.6 Å². The van der Waals surface area contributed by atoms with E-state index in [9.17, 15) is 22.8 Å². The molecule has 4 rings (SSSR count). The van der Waals surface area contributed by atoms with Crippen molar-refractivity contribution in [3.8, 4) is 5.69 Å². The topological polar surface area (TPSA) is 70.5 Å². The van der Waals surface area contributed by atoms with Crippen LogP contribution >= 0.6 is 0 Å². The molecule has 0 aliphatic carbocycles. The number of anilines is 1. The number of urea groups is 1. The van der Waals surface area contributed by atoms with Crippen LogP contribution in [0.25, 0.3) is 16.6 Å². The van der Waals surface area contributed by atoms with Gasteiger partial charge in [-0.3, -0.25) is 9.36 Å². The van der Waals surface area contributed by atoms with E-state index < -0.39 is 23.8 Å². The Labute approximate surface area is 230 Å². The van der Waals surface area contributed by atoms with Gasteiger partial charge in [0.1, 0.15) is 5.82 Å². The maximum Gasteiger partial charge on any atom is 0.416 e. The van der Waals surface area contributed by atoms with Crippen molar-refractivity contribution in [2.24, 2.45) is 0 Å². The monoisotopic (exact) mass is 551 g/mol. The average Bonchev–Trinajstić information content (AvgIpc) is 2.92. The number of halogens is 3. The number of benzene rings is 3. The molecule has 210 valence electrons. The highest BCUT2D eigenvalue weighted by molar-refractivity contribution is 5.89. The van der Waals surface area contributed by atoms with E-state index in [0.717, 1.165) is 24.1 Å². The highest BCUT2D eigenvalue weighted by atomic mass is 19.4. The number of aromatic nitrogens is 2. The van der Waals surface area contributed by atoms with E-state index in [1.807, 2.05) is 50.2 Å². The van der Waals surface area contributed by atoms with Gasteiger partial charge in [-0.25, -0.2) is 9.78 Å². The number of hydrogen-bond acceptors (Lipinski definition) is 4. The van der Waals surface area contributed by atoms with Crippen molar-refractivity contribution in [1.29, 1.82) is 0 Å². The van der Waals surface area contributed by atoms with Crippen LogP contribution in [-0.4, -0.2) is 52.6 Å². The molecule has 0 radical (unpaired) electrons. The first kappa shape index (κ1) is 28.8. The molecular weight excluding hydrogens is 519 g/mol. The lowest BCUT2D eigenvalue weighted by Crippen LogP contribution is -2.43. The van der Waals surface area contributed by atoms with Crippen LogP contribution in [0.5, 0.6) is 0 Å². The summed E-state index contributed by atoms with van der Waals surface area (Å²) in [6.45, 7) is 4.51. The normalized spacial score (nSPS) is 12.5. The SMILES string of the molecule is CCc1ccc(-n2c(C(C)N(CCN(C)C)C(=O)Nc3cccc(C(F)(F)F)c3)nc3ccccc3c2=O)cc1. The van der Waals surface area contributed by atoms with Crippen LogP contribution in [0.4, 0.5) is 23.7 Å². The number of hydrogen-bond donors (Lipinski definition) is 1. The summed E-state index contributed by atoms with van der Waals surface area (Å²) in [5.41, 5.74) is 1.07. The van der Waals surface area contributed by atoms with Crippen LogP contribution < -0.4 is 10.9 Å². The zero-order valence-corrected chi connectivity index (χ0v) is 22.9. The van der Waals surface area contributed by atoms with Crippen molar-refractivity contribution >= 4 is 22.6 Å². The smallest absolute Gasteiger partial charge is 0.313 e. The Morgan fingerprint density at radius 1 is 1.00 bits per heavy atom. The molecule has 2 amide bonds. The first-order chi connectivity index (χ1) is 19.0. The number of fused-ring (bicyclic) bond motifs is 1. The van der Waals surface area contributed by atoms with Crippen LogP contribution in [0.3, 0.4) is 0 Å². The number of carbonyl (C=O) groups is 1. The number of nitrogens with one attached hydrogen (secondary N) is 1. The fraction of sp³-hybridized carbons (Fsp3) is 0.300. The van der Waals surface area contributed by atoms with Crippen LogP contribution in [0.2, 0.25) is 0 Å². The number of alkyl halides is 3. The molecule has 1 aromatic heterocycles. The summed E-state index contributed by atoms with van der Waals surface area (Å²) in [4.78, 5) is 35.5. The van der Waals surface area contributed by atoms with E-state index in [1.165, 1.54) is 21.6 Å². The number of carbonyl (C=O) groups excluding carboxylic acids is 1. The van der Waals surface area contributed by atoms with Crippen LogP contribution in [0.1, 0.15) is 36.8 Å². The lowest BCUT2D eigenvalue weighted by atomic mass is 10.1. The number of nitrogens with zero attached hydrogens (tertiary/aromatic N) is 4. The van der Waals surface area contributed by atoms with Crippen molar-refractivity contribution < 1.29 is 18.0 Å². The minimum atomic E-state index is -4.54. The van der Waals surface area contributed by atoms with Crippen molar-refractivity contribution in [2.45, 2.75) is 32.5 Å². The van der Waals surface area contributed by atoms with Gasteiger partial charge in [0.25, 0.3) is 5.56 Å². The van der Waals surface area contributed by atoms with E-state index in [0.29, 0.717) is 29.0 Å². The minimum Gasteiger partial charge on any atom is -0.313 e. The molecule has 0 fully saturated rings. The Kier molecular flexibility index (Phi) is 8.58. The Bertz CT molecular complexity index is 1550. The molecule has 0 aliphatic rings. The Balaban J connectivity index is 1.80. The zero-order valence-electron chi connectivity index (χ0n) is 22.9. The number of aryl methyl sites for hydroxylation is 1. The van der Waals surface area contributed by atoms with E-state index in [2.05, 4.69) is 5.32 Å². The van der Waals surface area contributed by atoms with E-state index in [-0.39, 0.29) is 17.8 Å². The number of rotatable bonds is 8. The molecule has 0 bridgehead atoms. The average molecular weight is 552 g/mol.